The largest absolute Gasteiger partial charge is 0.344 e. The number of hydrogen-bond acceptors (Lipinski definition) is 2. The van der Waals surface area contributed by atoms with Crippen molar-refractivity contribution < 1.29 is 0 Å². The van der Waals surface area contributed by atoms with Crippen molar-refractivity contribution in [3.8, 4) is 0 Å². The molecule has 3 heteroatoms. The van der Waals surface area contributed by atoms with E-state index in [0.29, 0.717) is 22.9 Å². The van der Waals surface area contributed by atoms with Gasteiger partial charge in [-0.2, -0.15) is 0 Å². The molecular formula is C36H42N2Si. The zero-order valence-electron chi connectivity index (χ0n) is 24.4. The van der Waals surface area contributed by atoms with E-state index in [4.69, 9.17) is 0 Å². The number of fused-ring (bicyclic) bond motifs is 2. The Morgan fingerprint density at radius 3 is 1.31 bits per heavy atom. The summed E-state index contributed by atoms with van der Waals surface area (Å²) in [4.78, 5) is 4.78. The van der Waals surface area contributed by atoms with Gasteiger partial charge in [-0.05, 0) is 94.4 Å². The van der Waals surface area contributed by atoms with Gasteiger partial charge in [-0.15, -0.1) is 0 Å². The molecule has 0 aromatic heterocycles. The van der Waals surface area contributed by atoms with Gasteiger partial charge < -0.3 is 9.80 Å². The summed E-state index contributed by atoms with van der Waals surface area (Å²) in [5.74, 6) is 1.33. The fraction of sp³-hybridized carbons (Fsp3) is 0.333. The molecule has 39 heavy (non-hydrogen) atoms. The molecule has 0 fully saturated rings. The highest BCUT2D eigenvalue weighted by atomic mass is 28.3. The highest BCUT2D eigenvalue weighted by molar-refractivity contribution is 6.80. The van der Waals surface area contributed by atoms with Crippen molar-refractivity contribution >= 4 is 30.8 Å². The number of para-hydroxylation sites is 2. The van der Waals surface area contributed by atoms with Crippen LogP contribution in [0.4, 0.5) is 22.7 Å². The minimum Gasteiger partial charge on any atom is -0.344 e. The van der Waals surface area contributed by atoms with Crippen LogP contribution in [-0.2, 0) is 12.8 Å². The average Bonchev–Trinajstić information content (AvgIpc) is 3.49. The lowest BCUT2D eigenvalue weighted by Crippen LogP contribution is -2.45. The Labute approximate surface area is 236 Å². The van der Waals surface area contributed by atoms with Gasteiger partial charge >= 0.3 is 0 Å². The smallest absolute Gasteiger partial charge is 0.0634 e. The minimum absolute atomic E-state index is 0.658. The van der Waals surface area contributed by atoms with Crippen LogP contribution < -0.4 is 9.80 Å². The third kappa shape index (κ3) is 4.32. The molecule has 0 spiro atoms. The molecule has 4 atom stereocenters. The summed E-state index contributed by atoms with van der Waals surface area (Å²) in [6.07, 6.45) is 2.35. The van der Waals surface area contributed by atoms with E-state index in [2.05, 4.69) is 148 Å². The highest BCUT2D eigenvalue weighted by Crippen LogP contribution is 2.56. The lowest BCUT2D eigenvalue weighted by Gasteiger charge is -2.41. The molecule has 0 bridgehead atoms. The summed E-state index contributed by atoms with van der Waals surface area (Å²) in [5, 5.41) is 0. The van der Waals surface area contributed by atoms with Crippen LogP contribution in [-0.4, -0.2) is 22.2 Å². The van der Waals surface area contributed by atoms with Crippen LogP contribution in [0.3, 0.4) is 0 Å². The molecule has 0 saturated carbocycles. The van der Waals surface area contributed by atoms with Gasteiger partial charge in [0.1, 0.15) is 0 Å². The van der Waals surface area contributed by atoms with Crippen LogP contribution >= 0.6 is 0 Å². The molecule has 2 nitrogen and oxygen atoms in total. The third-order valence-electron chi connectivity index (χ3n) is 9.85. The van der Waals surface area contributed by atoms with Gasteiger partial charge in [0.25, 0.3) is 0 Å². The van der Waals surface area contributed by atoms with Crippen molar-refractivity contribution in [3.63, 3.8) is 0 Å². The molecule has 0 aliphatic heterocycles. The number of rotatable bonds is 6. The van der Waals surface area contributed by atoms with Crippen LogP contribution in [0.15, 0.2) is 97.1 Å². The summed E-state index contributed by atoms with van der Waals surface area (Å²) < 4.78 is 0. The molecule has 4 unspecified atom stereocenters. The first-order valence-electron chi connectivity index (χ1n) is 14.6. The van der Waals surface area contributed by atoms with Crippen LogP contribution in [0.2, 0.25) is 13.1 Å². The molecule has 4 aromatic rings. The van der Waals surface area contributed by atoms with E-state index in [1.807, 2.05) is 0 Å². The van der Waals surface area contributed by atoms with Crippen LogP contribution in [0.25, 0.3) is 0 Å². The maximum Gasteiger partial charge on any atom is 0.0634 e. The van der Waals surface area contributed by atoms with Crippen LogP contribution in [0.1, 0.15) is 47.2 Å². The molecule has 2 aliphatic carbocycles. The molecule has 4 aromatic carbocycles. The van der Waals surface area contributed by atoms with E-state index in [-0.39, 0.29) is 0 Å². The summed E-state index contributed by atoms with van der Waals surface area (Å²) in [6.45, 7) is 10.4. The fourth-order valence-electron chi connectivity index (χ4n) is 8.38. The van der Waals surface area contributed by atoms with Crippen molar-refractivity contribution in [1.29, 1.82) is 0 Å². The van der Waals surface area contributed by atoms with E-state index in [9.17, 15) is 0 Å². The molecule has 0 radical (unpaired) electrons. The maximum absolute atomic E-state index is 2.70. The quantitative estimate of drug-likeness (QED) is 0.229. The molecule has 0 N–H and O–H groups in total. The Hall–Kier alpha value is -3.30. The SMILES string of the molecule is CC1Cc2c(cccc2N(C)c2ccccc2)C1[Si](C)(C)C1c2cccc(N(C)c3ccccc3)c2CC1C. The van der Waals surface area contributed by atoms with Crippen molar-refractivity contribution in [2.45, 2.75) is 50.9 Å². The Bertz CT molecular complexity index is 1350. The van der Waals surface area contributed by atoms with Gasteiger partial charge in [0, 0.05) is 36.8 Å². The standard InChI is InChI=1S/C36H42N2Si/c1-25-23-31-29(19-13-21-33(31)37(3)27-15-9-7-10-16-27)35(25)39(5,6)36-26(2)24-32-30(36)20-14-22-34(32)38(4)28-17-11-8-12-18-28/h7-22,25-26,35-36H,23-24H2,1-6H3. The molecular weight excluding hydrogens is 488 g/mol. The highest BCUT2D eigenvalue weighted by Gasteiger charge is 2.51. The van der Waals surface area contributed by atoms with E-state index in [1.54, 1.807) is 22.3 Å². The van der Waals surface area contributed by atoms with Crippen molar-refractivity contribution in [3.05, 3.63) is 119 Å². The third-order valence-corrected chi connectivity index (χ3v) is 14.8. The molecule has 2 aliphatic rings. The number of benzene rings is 4. The van der Waals surface area contributed by atoms with Crippen molar-refractivity contribution in [2.75, 3.05) is 23.9 Å². The van der Waals surface area contributed by atoms with Gasteiger partial charge in [0.15, 0.2) is 0 Å². The topological polar surface area (TPSA) is 6.48 Å². The fourth-order valence-corrected chi connectivity index (χ4v) is 14.1. The molecule has 6 rings (SSSR count). The van der Waals surface area contributed by atoms with Gasteiger partial charge in [-0.25, -0.2) is 0 Å². The second kappa shape index (κ2) is 10.0. The first kappa shape index (κ1) is 25.9. The maximum atomic E-state index is 2.70. The molecule has 0 heterocycles. The Morgan fingerprint density at radius 2 is 0.923 bits per heavy atom. The molecule has 0 saturated heterocycles. The van der Waals surface area contributed by atoms with E-state index in [0.717, 1.165) is 0 Å². The number of anilines is 4. The monoisotopic (exact) mass is 530 g/mol. The normalized spacial score (nSPS) is 21.9. The first-order chi connectivity index (χ1) is 18.8. The minimum atomic E-state index is -1.78. The van der Waals surface area contributed by atoms with E-state index in [1.165, 1.54) is 35.6 Å². The second-order valence-corrected chi connectivity index (χ2v) is 17.5. The zero-order valence-corrected chi connectivity index (χ0v) is 25.4. The summed E-state index contributed by atoms with van der Waals surface area (Å²) in [7, 11) is 2.68. The Morgan fingerprint density at radius 1 is 0.538 bits per heavy atom. The number of hydrogen-bond donors (Lipinski definition) is 0. The first-order valence-corrected chi connectivity index (χ1v) is 17.8. The van der Waals surface area contributed by atoms with Gasteiger partial charge in [-0.3, -0.25) is 0 Å². The van der Waals surface area contributed by atoms with E-state index >= 15 is 0 Å². The summed E-state index contributed by atoms with van der Waals surface area (Å²) in [5.41, 5.74) is 13.0. The second-order valence-electron chi connectivity index (χ2n) is 12.6. The Balaban J connectivity index is 1.38. The van der Waals surface area contributed by atoms with E-state index < -0.39 is 8.07 Å². The molecule has 0 amide bonds. The predicted molar refractivity (Wildman–Crippen MR) is 171 cm³/mol. The van der Waals surface area contributed by atoms with Crippen molar-refractivity contribution in [1.82, 2.24) is 0 Å². The average molecular weight is 531 g/mol. The van der Waals surface area contributed by atoms with Crippen LogP contribution in [0.5, 0.6) is 0 Å². The predicted octanol–water partition coefficient (Wildman–Crippen LogP) is 9.26. The Kier molecular flexibility index (Phi) is 6.67. The van der Waals surface area contributed by atoms with Crippen LogP contribution in [0, 0.1) is 11.8 Å². The lowest BCUT2D eigenvalue weighted by molar-refractivity contribution is 0.543. The summed E-state index contributed by atoms with van der Waals surface area (Å²) >= 11 is 0. The van der Waals surface area contributed by atoms with Gasteiger partial charge in [0.05, 0.1) is 8.07 Å². The van der Waals surface area contributed by atoms with Crippen molar-refractivity contribution in [2.24, 2.45) is 11.8 Å². The zero-order chi connectivity index (χ0) is 27.3. The summed E-state index contributed by atoms with van der Waals surface area (Å²) in [6, 6.07) is 35.8. The lowest BCUT2D eigenvalue weighted by atomic mass is 10.1. The molecule has 200 valence electrons. The van der Waals surface area contributed by atoms with Gasteiger partial charge in [0.2, 0.25) is 0 Å². The van der Waals surface area contributed by atoms with Gasteiger partial charge in [-0.1, -0.05) is 87.6 Å². The number of nitrogens with zero attached hydrogens (tertiary/aromatic N) is 2.